The molecule has 0 aliphatic heterocycles. The monoisotopic (exact) mass is 341 g/mol. The van der Waals surface area contributed by atoms with Crippen LogP contribution in [0.2, 0.25) is 10.0 Å². The van der Waals surface area contributed by atoms with Gasteiger partial charge in [-0.15, -0.1) is 0 Å². The molecule has 0 radical (unpaired) electrons. The number of aromatic nitrogens is 2. The van der Waals surface area contributed by atoms with Gasteiger partial charge in [-0.05, 0) is 60.9 Å². The Morgan fingerprint density at radius 3 is 2.57 bits per heavy atom. The molecule has 0 amide bonds. The van der Waals surface area contributed by atoms with E-state index in [-0.39, 0.29) is 0 Å². The molecule has 0 spiro atoms. The molecule has 1 aromatic heterocycles. The Hall–Kier alpha value is -2.28. The smallest absolute Gasteiger partial charge is 0.149 e. The summed E-state index contributed by atoms with van der Waals surface area (Å²) in [5.41, 5.74) is 5.35. The highest BCUT2D eigenvalue weighted by Crippen LogP contribution is 2.26. The number of hydrogen-bond donors (Lipinski definition) is 1. The van der Waals surface area contributed by atoms with Crippen molar-refractivity contribution in [2.24, 2.45) is 0 Å². The van der Waals surface area contributed by atoms with Gasteiger partial charge in [0.2, 0.25) is 0 Å². The number of allylic oxidation sites excluding steroid dienone is 1. The van der Waals surface area contributed by atoms with Crippen molar-refractivity contribution in [3.8, 4) is 6.07 Å². The number of nitrogens with zero attached hydrogens (tertiary/aromatic N) is 2. The predicted molar refractivity (Wildman–Crippen MR) is 95.5 cm³/mol. The van der Waals surface area contributed by atoms with Crippen LogP contribution in [-0.4, -0.2) is 9.97 Å². The summed E-state index contributed by atoms with van der Waals surface area (Å²) in [6.45, 7) is 4.09. The molecule has 3 aromatic rings. The molecule has 0 bridgehead atoms. The largest absolute Gasteiger partial charge is 0.337 e. The first kappa shape index (κ1) is 15.6. The fourth-order valence-corrected chi connectivity index (χ4v) is 2.63. The predicted octanol–water partition coefficient (Wildman–Crippen LogP) is 5.55. The van der Waals surface area contributed by atoms with Gasteiger partial charge in [-0.1, -0.05) is 29.3 Å². The summed E-state index contributed by atoms with van der Waals surface area (Å²) in [5.74, 6) is 0.540. The average Bonchev–Trinajstić information content (AvgIpc) is 2.91. The number of H-pyrrole nitrogens is 1. The van der Waals surface area contributed by atoms with Gasteiger partial charge >= 0.3 is 0 Å². The molecule has 5 heteroatoms. The van der Waals surface area contributed by atoms with Gasteiger partial charge in [-0.25, -0.2) is 4.98 Å². The number of aryl methyl sites for hydroxylation is 2. The Morgan fingerprint density at radius 2 is 1.87 bits per heavy atom. The van der Waals surface area contributed by atoms with Crippen molar-refractivity contribution in [3.05, 3.63) is 62.9 Å². The maximum atomic E-state index is 9.46. The van der Waals surface area contributed by atoms with E-state index >= 15 is 0 Å². The quantitative estimate of drug-likeness (QED) is 0.621. The number of nitrogens with one attached hydrogen (secondary N) is 1. The SMILES string of the molecule is Cc1cc2nc(/C(C#N)=C\c3ccc(Cl)c(Cl)c3)[nH]c2cc1C. The summed E-state index contributed by atoms with van der Waals surface area (Å²) in [4.78, 5) is 7.72. The summed E-state index contributed by atoms with van der Waals surface area (Å²) in [5, 5.41) is 10.4. The lowest BCUT2D eigenvalue weighted by Crippen LogP contribution is -1.85. The maximum absolute atomic E-state index is 9.46. The summed E-state index contributed by atoms with van der Waals surface area (Å²) in [7, 11) is 0. The second-order valence-corrected chi connectivity index (χ2v) is 6.20. The lowest BCUT2D eigenvalue weighted by Gasteiger charge is -1.99. The van der Waals surface area contributed by atoms with E-state index in [2.05, 4.69) is 16.0 Å². The Labute approximate surface area is 144 Å². The van der Waals surface area contributed by atoms with Crippen LogP contribution in [0.3, 0.4) is 0 Å². The standard InChI is InChI=1S/C18H13Cl2N3/c1-10-5-16-17(6-11(10)2)23-18(22-16)13(9-21)7-12-3-4-14(19)15(20)8-12/h3-8H,1-2H3,(H,22,23)/b13-7-. The van der Waals surface area contributed by atoms with Crippen LogP contribution in [0, 0.1) is 25.2 Å². The van der Waals surface area contributed by atoms with Crippen molar-refractivity contribution < 1.29 is 0 Å². The maximum Gasteiger partial charge on any atom is 0.149 e. The normalized spacial score (nSPS) is 11.7. The van der Waals surface area contributed by atoms with Crippen molar-refractivity contribution in [3.63, 3.8) is 0 Å². The summed E-state index contributed by atoms with van der Waals surface area (Å²) >= 11 is 11.9. The number of aromatic amines is 1. The van der Waals surface area contributed by atoms with E-state index in [0.717, 1.165) is 16.6 Å². The van der Waals surface area contributed by atoms with Crippen molar-refractivity contribution in [1.29, 1.82) is 5.26 Å². The minimum atomic E-state index is 0.440. The third kappa shape index (κ3) is 3.10. The van der Waals surface area contributed by atoms with Gasteiger partial charge in [-0.2, -0.15) is 5.26 Å². The number of hydrogen-bond acceptors (Lipinski definition) is 2. The van der Waals surface area contributed by atoms with E-state index in [1.54, 1.807) is 18.2 Å². The van der Waals surface area contributed by atoms with E-state index in [1.807, 2.05) is 32.0 Å². The number of nitriles is 1. The minimum Gasteiger partial charge on any atom is -0.337 e. The van der Waals surface area contributed by atoms with Gasteiger partial charge in [0.25, 0.3) is 0 Å². The molecular weight excluding hydrogens is 329 g/mol. The van der Waals surface area contributed by atoms with Crippen molar-refractivity contribution in [2.75, 3.05) is 0 Å². The van der Waals surface area contributed by atoms with Crippen molar-refractivity contribution in [2.45, 2.75) is 13.8 Å². The second kappa shape index (κ2) is 6.08. The topological polar surface area (TPSA) is 52.5 Å². The first-order chi connectivity index (χ1) is 11.0. The third-order valence-corrected chi connectivity index (χ3v) is 4.47. The van der Waals surface area contributed by atoms with Crippen LogP contribution in [0.4, 0.5) is 0 Å². The highest BCUT2D eigenvalue weighted by molar-refractivity contribution is 6.42. The Morgan fingerprint density at radius 1 is 1.13 bits per heavy atom. The molecule has 0 unspecified atom stereocenters. The molecule has 3 rings (SSSR count). The zero-order valence-electron chi connectivity index (χ0n) is 12.6. The molecule has 0 aliphatic carbocycles. The highest BCUT2D eigenvalue weighted by atomic mass is 35.5. The summed E-state index contributed by atoms with van der Waals surface area (Å²) < 4.78 is 0. The summed E-state index contributed by atoms with van der Waals surface area (Å²) in [6.07, 6.45) is 1.74. The molecule has 0 atom stereocenters. The van der Waals surface area contributed by atoms with Crippen LogP contribution in [0.25, 0.3) is 22.7 Å². The summed E-state index contributed by atoms with van der Waals surface area (Å²) in [6, 6.07) is 11.5. The molecule has 114 valence electrons. The fourth-order valence-electron chi connectivity index (χ4n) is 2.32. The number of benzene rings is 2. The van der Waals surface area contributed by atoms with Crippen LogP contribution in [-0.2, 0) is 0 Å². The molecule has 0 fully saturated rings. The van der Waals surface area contributed by atoms with Gasteiger partial charge in [0.05, 0.1) is 26.7 Å². The Balaban J connectivity index is 2.08. The van der Waals surface area contributed by atoms with Crippen LogP contribution in [0.15, 0.2) is 30.3 Å². The number of fused-ring (bicyclic) bond motifs is 1. The van der Waals surface area contributed by atoms with E-state index in [0.29, 0.717) is 21.4 Å². The van der Waals surface area contributed by atoms with Crippen LogP contribution < -0.4 is 0 Å². The lowest BCUT2D eigenvalue weighted by molar-refractivity contribution is 1.27. The molecule has 0 aliphatic rings. The van der Waals surface area contributed by atoms with Gasteiger partial charge in [0.1, 0.15) is 11.9 Å². The van der Waals surface area contributed by atoms with E-state index in [4.69, 9.17) is 23.2 Å². The van der Waals surface area contributed by atoms with Crippen LogP contribution >= 0.6 is 23.2 Å². The first-order valence-corrected chi connectivity index (χ1v) is 7.77. The zero-order valence-corrected chi connectivity index (χ0v) is 14.1. The van der Waals surface area contributed by atoms with Crippen LogP contribution in [0.1, 0.15) is 22.5 Å². The van der Waals surface area contributed by atoms with Crippen molar-refractivity contribution >= 4 is 45.9 Å². The number of halogens is 2. The second-order valence-electron chi connectivity index (χ2n) is 5.38. The molecule has 0 saturated carbocycles. The Bertz CT molecular complexity index is 939. The van der Waals surface area contributed by atoms with Gasteiger partial charge < -0.3 is 4.98 Å². The lowest BCUT2D eigenvalue weighted by atomic mass is 10.1. The Kier molecular flexibility index (Phi) is 4.12. The van der Waals surface area contributed by atoms with E-state index in [1.165, 1.54) is 11.1 Å². The number of rotatable bonds is 2. The highest BCUT2D eigenvalue weighted by Gasteiger charge is 2.09. The minimum absolute atomic E-state index is 0.440. The van der Waals surface area contributed by atoms with Crippen molar-refractivity contribution in [1.82, 2.24) is 9.97 Å². The van der Waals surface area contributed by atoms with Gasteiger partial charge in [0.15, 0.2) is 0 Å². The molecule has 2 aromatic carbocycles. The van der Waals surface area contributed by atoms with E-state index < -0.39 is 0 Å². The molecule has 0 saturated heterocycles. The molecule has 3 nitrogen and oxygen atoms in total. The molecule has 23 heavy (non-hydrogen) atoms. The van der Waals surface area contributed by atoms with Gasteiger partial charge in [-0.3, -0.25) is 0 Å². The number of imidazole rings is 1. The first-order valence-electron chi connectivity index (χ1n) is 7.02. The molecule has 1 N–H and O–H groups in total. The molecule has 1 heterocycles. The fraction of sp³-hybridized carbons (Fsp3) is 0.111. The van der Waals surface area contributed by atoms with Gasteiger partial charge in [0, 0.05) is 0 Å². The third-order valence-electron chi connectivity index (χ3n) is 3.73. The zero-order chi connectivity index (χ0) is 16.6. The molecular formula is C18H13Cl2N3. The van der Waals surface area contributed by atoms with Crippen LogP contribution in [0.5, 0.6) is 0 Å². The van der Waals surface area contributed by atoms with E-state index in [9.17, 15) is 5.26 Å². The average molecular weight is 342 g/mol.